The van der Waals surface area contributed by atoms with E-state index in [1.165, 1.54) is 0 Å². The van der Waals surface area contributed by atoms with Gasteiger partial charge in [0.2, 0.25) is 0 Å². The minimum Gasteiger partial charge on any atom is -0.341 e. The van der Waals surface area contributed by atoms with Gasteiger partial charge in [0.15, 0.2) is 10.8 Å². The highest BCUT2D eigenvalue weighted by atomic mass is 32.1. The number of thiol groups is 1. The number of aryl methyl sites for hydroxylation is 1. The topological polar surface area (TPSA) is 38.9 Å². The summed E-state index contributed by atoms with van der Waals surface area (Å²) in [7, 11) is 0. The van der Waals surface area contributed by atoms with Crippen molar-refractivity contribution in [1.82, 2.24) is 10.4 Å². The number of rotatable bonds is 0. The Morgan fingerprint density at radius 3 is 2.57 bits per heavy atom. The molecule has 0 unspecified atom stereocenters. The fraction of sp³-hybridized carbons (Fsp3) is 0.333. The lowest BCUT2D eigenvalue weighted by Gasteiger charge is -1.71. The van der Waals surface area contributed by atoms with Crippen molar-refractivity contribution < 1.29 is 4.52 Å². The zero-order valence-electron chi connectivity index (χ0n) is 3.75. The summed E-state index contributed by atoms with van der Waals surface area (Å²) in [6.45, 7) is 1.75. The van der Waals surface area contributed by atoms with Crippen LogP contribution in [0.5, 0.6) is 0 Å². The van der Waals surface area contributed by atoms with E-state index >= 15 is 0 Å². The van der Waals surface area contributed by atoms with Crippen LogP contribution in [0.15, 0.2) is 9.55 Å². The fourth-order valence-corrected chi connectivity index (χ4v) is 0.309. The van der Waals surface area contributed by atoms with Gasteiger partial charge in [0.05, 0.1) is 0 Å². The normalized spacial score (nSPS) is 9.43. The summed E-state index contributed by atoms with van der Waals surface area (Å²) in [6, 6.07) is 0. The summed E-state index contributed by atoms with van der Waals surface area (Å²) in [5.41, 5.74) is 0. The van der Waals surface area contributed by atoms with Crippen LogP contribution in [-0.4, -0.2) is 10.4 Å². The molecule has 0 fully saturated rings. The van der Waals surface area contributed by atoms with E-state index in [1.807, 2.05) is 0 Å². The first kappa shape index (κ1) is 4.64. The summed E-state index contributed by atoms with van der Waals surface area (Å²) in [5.74, 6) is 0.656. The van der Waals surface area contributed by atoms with Gasteiger partial charge in [-0.3, -0.25) is 0 Å². The average Bonchev–Trinajstić information content (AvgIpc) is 1.91. The molecule has 0 spiro atoms. The zero-order valence-corrected chi connectivity index (χ0v) is 4.64. The second-order valence-electron chi connectivity index (χ2n) is 1.15. The van der Waals surface area contributed by atoms with Crippen molar-refractivity contribution in [2.24, 2.45) is 0 Å². The molecule has 1 heterocycles. The molecule has 0 radical (unpaired) electrons. The first-order valence-corrected chi connectivity index (χ1v) is 2.23. The molecule has 1 aromatic rings. The van der Waals surface area contributed by atoms with E-state index in [9.17, 15) is 0 Å². The Morgan fingerprint density at radius 1 is 1.71 bits per heavy atom. The predicted molar refractivity (Wildman–Crippen MR) is 26.3 cm³/mol. The summed E-state index contributed by atoms with van der Waals surface area (Å²) in [4.78, 5) is 0. The molecule has 0 atom stereocenters. The van der Waals surface area contributed by atoms with E-state index in [0.29, 0.717) is 10.8 Å². The second kappa shape index (κ2) is 1.54. The Labute approximate surface area is 46.1 Å². The van der Waals surface area contributed by atoms with Crippen LogP contribution in [0.1, 0.15) is 5.76 Å². The quantitative estimate of drug-likeness (QED) is 0.506. The van der Waals surface area contributed by atoms with Gasteiger partial charge in [-0.25, -0.2) is 0 Å². The molecule has 38 valence electrons. The predicted octanol–water partition coefficient (Wildman–Crippen LogP) is 0.667. The van der Waals surface area contributed by atoms with Gasteiger partial charge in [0.25, 0.3) is 0 Å². The van der Waals surface area contributed by atoms with Gasteiger partial charge in [0, 0.05) is 5.27 Å². The third kappa shape index (κ3) is 0.742. The third-order valence-corrected chi connectivity index (χ3v) is 1.03. The van der Waals surface area contributed by atoms with Gasteiger partial charge >= 0.3 is 0 Å². The lowest BCUT2D eigenvalue weighted by atomic mass is 10.6. The summed E-state index contributed by atoms with van der Waals surface area (Å²) in [6.07, 6.45) is 0. The second-order valence-corrected chi connectivity index (χ2v) is 1.58. The highest BCUT2D eigenvalue weighted by Crippen LogP contribution is 2.04. The van der Waals surface area contributed by atoms with Gasteiger partial charge in [-0.1, -0.05) is 0 Å². The van der Waals surface area contributed by atoms with E-state index < -0.39 is 0 Å². The van der Waals surface area contributed by atoms with Crippen molar-refractivity contribution in [1.29, 1.82) is 0 Å². The molecule has 1 rings (SSSR count). The standard InChI is InChI=1S/C3H4N2OS/c1-2-3(7)4-5-6-2/h7H,1H3. The van der Waals surface area contributed by atoms with E-state index in [-0.39, 0.29) is 0 Å². The molecular formula is C3H4N2OS. The maximum atomic E-state index is 4.53. The van der Waals surface area contributed by atoms with Crippen molar-refractivity contribution in [3.63, 3.8) is 0 Å². The van der Waals surface area contributed by atoms with Crippen LogP contribution >= 0.6 is 12.6 Å². The van der Waals surface area contributed by atoms with Crippen LogP contribution in [0.4, 0.5) is 0 Å². The van der Waals surface area contributed by atoms with Gasteiger partial charge in [0.1, 0.15) is 0 Å². The Balaban J connectivity index is 3.12. The van der Waals surface area contributed by atoms with Gasteiger partial charge < -0.3 is 4.52 Å². The van der Waals surface area contributed by atoms with Crippen LogP contribution in [0.2, 0.25) is 0 Å². The molecule has 0 aliphatic carbocycles. The van der Waals surface area contributed by atoms with E-state index in [4.69, 9.17) is 0 Å². The Morgan fingerprint density at radius 2 is 2.43 bits per heavy atom. The smallest absolute Gasteiger partial charge is 0.167 e. The molecule has 0 aliphatic rings. The van der Waals surface area contributed by atoms with Crippen molar-refractivity contribution in [3.05, 3.63) is 5.76 Å². The number of hydrogen-bond acceptors (Lipinski definition) is 4. The average molecular weight is 116 g/mol. The molecular weight excluding hydrogens is 112 g/mol. The highest BCUT2D eigenvalue weighted by molar-refractivity contribution is 7.80. The number of nitrogens with zero attached hydrogens (tertiary/aromatic N) is 2. The van der Waals surface area contributed by atoms with Crippen LogP contribution in [-0.2, 0) is 0 Å². The lowest BCUT2D eigenvalue weighted by Crippen LogP contribution is -1.64. The molecule has 1 aromatic heterocycles. The van der Waals surface area contributed by atoms with Gasteiger partial charge in [-0.15, -0.1) is 17.7 Å². The van der Waals surface area contributed by atoms with Crippen LogP contribution in [0, 0.1) is 6.92 Å². The van der Waals surface area contributed by atoms with Gasteiger partial charge in [-0.05, 0) is 6.92 Å². The lowest BCUT2D eigenvalue weighted by molar-refractivity contribution is 0.373. The molecule has 0 saturated heterocycles. The van der Waals surface area contributed by atoms with Crippen LogP contribution in [0.25, 0.3) is 0 Å². The van der Waals surface area contributed by atoms with Crippen LogP contribution in [0.3, 0.4) is 0 Å². The Bertz CT molecular complexity index is 145. The maximum absolute atomic E-state index is 4.53. The maximum Gasteiger partial charge on any atom is 0.167 e. The van der Waals surface area contributed by atoms with E-state index in [1.54, 1.807) is 6.92 Å². The van der Waals surface area contributed by atoms with Crippen molar-refractivity contribution in [2.75, 3.05) is 0 Å². The van der Waals surface area contributed by atoms with E-state index in [2.05, 4.69) is 27.5 Å². The first-order chi connectivity index (χ1) is 3.30. The minimum absolute atomic E-state index is 0.556. The molecule has 4 heteroatoms. The highest BCUT2D eigenvalue weighted by Gasteiger charge is 1.94. The van der Waals surface area contributed by atoms with Gasteiger partial charge in [-0.2, -0.15) is 0 Å². The number of aromatic nitrogens is 2. The minimum atomic E-state index is 0.556. The zero-order chi connectivity index (χ0) is 5.28. The molecule has 7 heavy (non-hydrogen) atoms. The van der Waals surface area contributed by atoms with Crippen molar-refractivity contribution >= 4 is 12.6 Å². The molecule has 0 bridgehead atoms. The molecule has 0 aromatic carbocycles. The third-order valence-electron chi connectivity index (χ3n) is 0.628. The SMILES string of the molecule is Cc1onnc1S. The van der Waals surface area contributed by atoms with Crippen molar-refractivity contribution in [3.8, 4) is 0 Å². The monoisotopic (exact) mass is 116 g/mol. The first-order valence-electron chi connectivity index (χ1n) is 1.78. The molecule has 3 nitrogen and oxygen atoms in total. The molecule has 0 amide bonds. The Hall–Kier alpha value is -0.510. The Kier molecular flexibility index (Phi) is 1.02. The molecule has 0 N–H and O–H groups in total. The van der Waals surface area contributed by atoms with Crippen LogP contribution < -0.4 is 0 Å². The summed E-state index contributed by atoms with van der Waals surface area (Å²) >= 11 is 3.88. The number of hydrogen-bond donors (Lipinski definition) is 1. The summed E-state index contributed by atoms with van der Waals surface area (Å²) in [5, 5.41) is 7.24. The molecule has 0 saturated carbocycles. The van der Waals surface area contributed by atoms with E-state index in [0.717, 1.165) is 0 Å². The van der Waals surface area contributed by atoms with Crippen molar-refractivity contribution in [2.45, 2.75) is 11.9 Å². The fourth-order valence-electron chi connectivity index (χ4n) is 0.232. The largest absolute Gasteiger partial charge is 0.341 e. The summed E-state index contributed by atoms with van der Waals surface area (Å²) < 4.78 is 4.53. The molecule has 0 aliphatic heterocycles.